The number of halogens is 3. The minimum atomic E-state index is -4.40. The van der Waals surface area contributed by atoms with Gasteiger partial charge >= 0.3 is 11.5 Å². The van der Waals surface area contributed by atoms with Gasteiger partial charge in [0.25, 0.3) is 5.91 Å². The molecule has 0 saturated carbocycles. The van der Waals surface area contributed by atoms with Crippen molar-refractivity contribution < 1.29 is 31.9 Å². The van der Waals surface area contributed by atoms with E-state index in [2.05, 4.69) is 5.32 Å². The Morgan fingerprint density at radius 3 is 2.48 bits per heavy atom. The van der Waals surface area contributed by atoms with Gasteiger partial charge in [0, 0.05) is 4.90 Å². The Labute approximate surface area is 145 Å². The van der Waals surface area contributed by atoms with Crippen LogP contribution in [0.4, 0.5) is 13.2 Å². The number of hydrogen-bond acceptors (Lipinski definition) is 5. The smallest absolute Gasteiger partial charge is 0.446 e. The Bertz CT molecular complexity index is 714. The van der Waals surface area contributed by atoms with Gasteiger partial charge in [-0.25, -0.2) is 4.79 Å². The van der Waals surface area contributed by atoms with Crippen LogP contribution in [0.25, 0.3) is 0 Å². The van der Waals surface area contributed by atoms with E-state index in [1.165, 1.54) is 25.3 Å². The van der Waals surface area contributed by atoms with E-state index in [-0.39, 0.29) is 28.8 Å². The molecule has 0 radical (unpaired) electrons. The molecular weight excluding hydrogens is 359 g/mol. The molecule has 134 valence electrons. The molecule has 1 amide bonds. The van der Waals surface area contributed by atoms with Gasteiger partial charge in [0.1, 0.15) is 5.76 Å². The van der Waals surface area contributed by atoms with E-state index in [4.69, 9.17) is 9.15 Å². The van der Waals surface area contributed by atoms with Gasteiger partial charge in [0.05, 0.1) is 18.4 Å². The molecule has 0 aliphatic rings. The second-order valence-corrected chi connectivity index (χ2v) is 6.06. The average molecular weight is 373 g/mol. The molecule has 9 heteroatoms. The van der Waals surface area contributed by atoms with Crippen LogP contribution in [-0.4, -0.2) is 23.5 Å². The highest BCUT2D eigenvalue weighted by molar-refractivity contribution is 8.00. The monoisotopic (exact) mass is 373 g/mol. The van der Waals surface area contributed by atoms with Gasteiger partial charge in [-0.1, -0.05) is 0 Å². The highest BCUT2D eigenvalue weighted by atomic mass is 32.2. The molecule has 0 aliphatic carbocycles. The zero-order valence-corrected chi connectivity index (χ0v) is 13.8. The predicted octanol–water partition coefficient (Wildman–Crippen LogP) is 3.75. The summed E-state index contributed by atoms with van der Waals surface area (Å²) in [5.41, 5.74) is -4.35. The molecule has 25 heavy (non-hydrogen) atoms. The first-order valence-electron chi connectivity index (χ1n) is 7.11. The Morgan fingerprint density at radius 1 is 1.24 bits per heavy atom. The maximum Gasteiger partial charge on any atom is 0.446 e. The molecular formula is C16H14F3NO4S. The lowest BCUT2D eigenvalue weighted by molar-refractivity contribution is -0.129. The van der Waals surface area contributed by atoms with E-state index in [0.717, 1.165) is 12.1 Å². The fraction of sp³-hybridized carbons (Fsp3) is 0.250. The molecule has 1 unspecified atom stereocenters. The lowest BCUT2D eigenvalue weighted by Gasteiger charge is -2.13. The summed E-state index contributed by atoms with van der Waals surface area (Å²) in [5, 5.41) is 2.54. The highest BCUT2D eigenvalue weighted by Gasteiger charge is 2.29. The molecule has 0 spiro atoms. The Hall–Kier alpha value is -2.42. The maximum atomic E-state index is 12.3. The Balaban J connectivity index is 1.86. The van der Waals surface area contributed by atoms with Gasteiger partial charge in [-0.05, 0) is 55.1 Å². The maximum absolute atomic E-state index is 12.3. The number of benzene rings is 1. The summed E-state index contributed by atoms with van der Waals surface area (Å²) >= 11 is -0.280. The molecule has 1 atom stereocenters. The third-order valence-electron chi connectivity index (χ3n) is 2.99. The van der Waals surface area contributed by atoms with Crippen molar-refractivity contribution in [3.63, 3.8) is 0 Å². The molecule has 0 fully saturated rings. The van der Waals surface area contributed by atoms with E-state index >= 15 is 0 Å². The zero-order valence-electron chi connectivity index (χ0n) is 13.0. The Morgan fingerprint density at radius 2 is 1.92 bits per heavy atom. The number of amides is 1. The normalized spacial score (nSPS) is 12.5. The Kier molecular flexibility index (Phi) is 6.13. The molecule has 2 aromatic rings. The molecule has 0 bridgehead atoms. The number of ether oxygens (including phenoxy) is 1. The summed E-state index contributed by atoms with van der Waals surface area (Å²) < 4.78 is 46.8. The van der Waals surface area contributed by atoms with Crippen molar-refractivity contribution in [2.75, 3.05) is 0 Å². The van der Waals surface area contributed by atoms with E-state index in [0.29, 0.717) is 5.76 Å². The number of esters is 1. The summed E-state index contributed by atoms with van der Waals surface area (Å²) in [6, 6.07) is 8.10. The molecule has 1 aromatic heterocycles. The fourth-order valence-corrected chi connectivity index (χ4v) is 2.35. The van der Waals surface area contributed by atoms with Crippen molar-refractivity contribution in [2.45, 2.75) is 30.0 Å². The number of furan rings is 1. The number of rotatable bonds is 6. The van der Waals surface area contributed by atoms with Gasteiger partial charge in [0.15, 0.2) is 6.10 Å². The number of hydrogen-bond donors (Lipinski definition) is 1. The third-order valence-corrected chi connectivity index (χ3v) is 3.73. The van der Waals surface area contributed by atoms with Crippen LogP contribution < -0.4 is 5.32 Å². The van der Waals surface area contributed by atoms with Crippen LogP contribution in [0.5, 0.6) is 0 Å². The topological polar surface area (TPSA) is 68.5 Å². The van der Waals surface area contributed by atoms with Crippen molar-refractivity contribution in [1.82, 2.24) is 5.32 Å². The molecule has 1 heterocycles. The second-order valence-electron chi connectivity index (χ2n) is 4.92. The molecule has 1 aromatic carbocycles. The number of nitrogens with one attached hydrogen (secondary N) is 1. The first-order valence-corrected chi connectivity index (χ1v) is 7.93. The van der Waals surface area contributed by atoms with Gasteiger partial charge in [0.2, 0.25) is 0 Å². The second kappa shape index (κ2) is 8.11. The molecule has 0 saturated heterocycles. The first kappa shape index (κ1) is 18.9. The first-order chi connectivity index (χ1) is 11.7. The summed E-state index contributed by atoms with van der Waals surface area (Å²) in [7, 11) is 0. The molecule has 2 rings (SSSR count). The quantitative estimate of drug-likeness (QED) is 0.617. The summed E-state index contributed by atoms with van der Waals surface area (Å²) in [6.45, 7) is 1.54. The summed E-state index contributed by atoms with van der Waals surface area (Å²) in [6.07, 6.45) is 0.401. The van der Waals surface area contributed by atoms with Gasteiger partial charge in [-0.3, -0.25) is 4.79 Å². The van der Waals surface area contributed by atoms with Crippen LogP contribution >= 0.6 is 11.8 Å². The van der Waals surface area contributed by atoms with Gasteiger partial charge in [-0.15, -0.1) is 0 Å². The van der Waals surface area contributed by atoms with E-state index in [1.54, 1.807) is 12.1 Å². The summed E-state index contributed by atoms with van der Waals surface area (Å²) in [4.78, 5) is 23.7. The van der Waals surface area contributed by atoms with Crippen LogP contribution in [0.2, 0.25) is 0 Å². The lowest BCUT2D eigenvalue weighted by atomic mass is 10.2. The molecule has 5 nitrogen and oxygen atoms in total. The highest BCUT2D eigenvalue weighted by Crippen LogP contribution is 2.36. The van der Waals surface area contributed by atoms with Crippen molar-refractivity contribution in [3.8, 4) is 0 Å². The predicted molar refractivity (Wildman–Crippen MR) is 83.8 cm³/mol. The largest absolute Gasteiger partial charge is 0.467 e. The lowest BCUT2D eigenvalue weighted by Crippen LogP contribution is -2.35. The number of carbonyl (C=O) groups is 2. The molecule has 0 aliphatic heterocycles. The van der Waals surface area contributed by atoms with Crippen LogP contribution in [0.1, 0.15) is 23.0 Å². The van der Waals surface area contributed by atoms with E-state index in [9.17, 15) is 22.8 Å². The minimum absolute atomic E-state index is 0.0479. The van der Waals surface area contributed by atoms with Crippen LogP contribution in [0.15, 0.2) is 52.0 Å². The summed E-state index contributed by atoms with van der Waals surface area (Å²) in [5.74, 6) is -0.775. The van der Waals surface area contributed by atoms with Crippen molar-refractivity contribution in [3.05, 3.63) is 54.0 Å². The van der Waals surface area contributed by atoms with E-state index < -0.39 is 23.5 Å². The van der Waals surface area contributed by atoms with Crippen LogP contribution in [0, 0.1) is 0 Å². The molecule has 1 N–H and O–H groups in total. The van der Waals surface area contributed by atoms with Gasteiger partial charge in [-0.2, -0.15) is 13.2 Å². The van der Waals surface area contributed by atoms with Crippen LogP contribution in [0.3, 0.4) is 0 Å². The van der Waals surface area contributed by atoms with Crippen LogP contribution in [-0.2, 0) is 16.1 Å². The number of carbonyl (C=O) groups excluding carboxylic acids is 2. The van der Waals surface area contributed by atoms with Gasteiger partial charge < -0.3 is 14.5 Å². The minimum Gasteiger partial charge on any atom is -0.467 e. The zero-order chi connectivity index (χ0) is 18.4. The van der Waals surface area contributed by atoms with Crippen molar-refractivity contribution in [1.29, 1.82) is 0 Å². The average Bonchev–Trinajstić information content (AvgIpc) is 3.05. The van der Waals surface area contributed by atoms with E-state index in [1.807, 2.05) is 0 Å². The van der Waals surface area contributed by atoms with Crippen molar-refractivity contribution >= 4 is 23.6 Å². The number of thioether (sulfide) groups is 1. The third kappa shape index (κ3) is 6.18. The van der Waals surface area contributed by atoms with Crippen molar-refractivity contribution in [2.24, 2.45) is 0 Å². The standard InChI is InChI=1S/C16H14F3NO4S/c1-10(14(21)20-9-12-3-2-8-23-12)24-15(22)11-4-6-13(7-5-11)25-16(17,18)19/h2-8,10H,9H2,1H3,(H,20,21). The number of alkyl halides is 3. The SMILES string of the molecule is CC(OC(=O)c1ccc(SC(F)(F)F)cc1)C(=O)NCc1ccco1. The fourth-order valence-electron chi connectivity index (χ4n) is 1.81.